The van der Waals surface area contributed by atoms with Gasteiger partial charge in [0, 0.05) is 5.56 Å². The molecule has 1 aromatic heterocycles. The van der Waals surface area contributed by atoms with E-state index in [1.54, 1.807) is 23.9 Å². The van der Waals surface area contributed by atoms with Crippen LogP contribution in [0.3, 0.4) is 0 Å². The van der Waals surface area contributed by atoms with Gasteiger partial charge in [-0.3, -0.25) is 0 Å². The van der Waals surface area contributed by atoms with Gasteiger partial charge in [-0.25, -0.2) is 14.1 Å². The maximum Gasteiger partial charge on any atom is 0.190 e. The van der Waals surface area contributed by atoms with Crippen molar-refractivity contribution in [3.05, 3.63) is 72.2 Å². The number of rotatable bonds is 2. The third-order valence-corrected chi connectivity index (χ3v) is 4.81. The second-order valence-corrected chi connectivity index (χ2v) is 6.68. The number of halogens is 1. The Hall–Kier alpha value is -2.40. The Labute approximate surface area is 137 Å². The van der Waals surface area contributed by atoms with Crippen molar-refractivity contribution in [1.29, 1.82) is 0 Å². The van der Waals surface area contributed by atoms with Crippen LogP contribution in [0.1, 0.15) is 12.5 Å². The smallest absolute Gasteiger partial charge is 0.190 e. The summed E-state index contributed by atoms with van der Waals surface area (Å²) in [6.07, 6.45) is 1.94. The number of imidazole rings is 1. The van der Waals surface area contributed by atoms with Gasteiger partial charge in [-0.05, 0) is 24.6 Å². The van der Waals surface area contributed by atoms with E-state index in [4.69, 9.17) is 5.10 Å². The fraction of sp³-hybridized carbons (Fsp3) is 0.111. The number of aromatic nitrogens is 2. The molecule has 0 N–H and O–H groups in total. The van der Waals surface area contributed by atoms with Gasteiger partial charge in [0.15, 0.2) is 5.16 Å². The minimum absolute atomic E-state index is 0.166. The molecule has 1 aliphatic rings. The minimum Gasteiger partial charge on any atom is -0.221 e. The second-order valence-electron chi connectivity index (χ2n) is 5.37. The summed E-state index contributed by atoms with van der Waals surface area (Å²) >= 11 is 1.66. The summed E-state index contributed by atoms with van der Waals surface area (Å²) in [5.41, 5.74) is 3.84. The minimum atomic E-state index is -0.236. The predicted molar refractivity (Wildman–Crippen MR) is 91.3 cm³/mol. The first-order chi connectivity index (χ1) is 11.2. The molecule has 0 amide bonds. The van der Waals surface area contributed by atoms with Crippen LogP contribution in [0, 0.1) is 5.82 Å². The van der Waals surface area contributed by atoms with Crippen LogP contribution in [-0.4, -0.2) is 20.6 Å². The maximum atomic E-state index is 13.1. The van der Waals surface area contributed by atoms with Crippen molar-refractivity contribution in [2.75, 3.05) is 0 Å². The summed E-state index contributed by atoms with van der Waals surface area (Å²) in [6.45, 7) is 2.09. The summed E-state index contributed by atoms with van der Waals surface area (Å²) in [6, 6.07) is 16.5. The van der Waals surface area contributed by atoms with E-state index >= 15 is 0 Å². The van der Waals surface area contributed by atoms with E-state index in [0.29, 0.717) is 0 Å². The van der Waals surface area contributed by atoms with Crippen LogP contribution in [0.25, 0.3) is 11.3 Å². The molecule has 1 aliphatic heterocycles. The zero-order valence-corrected chi connectivity index (χ0v) is 13.3. The Balaban J connectivity index is 1.75. The fourth-order valence-corrected chi connectivity index (χ4v) is 3.54. The molecule has 0 saturated heterocycles. The van der Waals surface area contributed by atoms with Crippen molar-refractivity contribution in [3.63, 3.8) is 0 Å². The van der Waals surface area contributed by atoms with Crippen LogP contribution in [0.15, 0.2) is 71.1 Å². The highest BCUT2D eigenvalue weighted by Crippen LogP contribution is 2.32. The monoisotopic (exact) mass is 323 g/mol. The summed E-state index contributed by atoms with van der Waals surface area (Å²) in [4.78, 5) is 4.67. The molecule has 114 valence electrons. The normalized spacial score (nSPS) is 16.8. The van der Waals surface area contributed by atoms with E-state index in [9.17, 15) is 4.39 Å². The molecule has 5 heteroatoms. The molecular formula is C18H14FN3S. The zero-order valence-electron chi connectivity index (χ0n) is 12.5. The number of hydrogen-bond donors (Lipinski definition) is 0. The molecule has 0 saturated carbocycles. The summed E-state index contributed by atoms with van der Waals surface area (Å²) in [5, 5.41) is 5.74. The van der Waals surface area contributed by atoms with Crippen molar-refractivity contribution >= 4 is 17.5 Å². The molecule has 2 aromatic carbocycles. The number of benzene rings is 2. The molecule has 0 bridgehead atoms. The molecule has 3 nitrogen and oxygen atoms in total. The number of fused-ring (bicyclic) bond motifs is 1. The third-order valence-electron chi connectivity index (χ3n) is 3.75. The highest BCUT2D eigenvalue weighted by Gasteiger charge is 2.24. The lowest BCUT2D eigenvalue weighted by atomic mass is 10.1. The van der Waals surface area contributed by atoms with Crippen LogP contribution < -0.4 is 0 Å². The molecule has 0 aliphatic carbocycles. The van der Waals surface area contributed by atoms with E-state index in [1.807, 2.05) is 41.2 Å². The molecule has 23 heavy (non-hydrogen) atoms. The Morgan fingerprint density at radius 3 is 2.48 bits per heavy atom. The van der Waals surface area contributed by atoms with Crippen molar-refractivity contribution < 1.29 is 4.39 Å². The quantitative estimate of drug-likeness (QED) is 0.698. The van der Waals surface area contributed by atoms with Crippen LogP contribution in [0.4, 0.5) is 4.39 Å². The van der Waals surface area contributed by atoms with E-state index in [1.165, 1.54) is 12.1 Å². The summed E-state index contributed by atoms with van der Waals surface area (Å²) in [5.74, 6) is -0.236. The van der Waals surface area contributed by atoms with E-state index in [0.717, 1.165) is 27.7 Å². The largest absolute Gasteiger partial charge is 0.221 e. The Bertz CT molecular complexity index is 869. The van der Waals surface area contributed by atoms with Gasteiger partial charge >= 0.3 is 0 Å². The first-order valence-electron chi connectivity index (χ1n) is 7.37. The standard InChI is InChI=1S/C18H14FN3S/c1-12-17(14-7-9-15(19)10-8-14)21-22-11-16(20-18(22)23-12)13-5-3-2-4-6-13/h2-12H,1H3/t12-/m1/s1. The summed E-state index contributed by atoms with van der Waals surface area (Å²) in [7, 11) is 0. The second kappa shape index (κ2) is 5.66. The molecule has 4 rings (SSSR count). The Morgan fingerprint density at radius 2 is 1.74 bits per heavy atom. The topological polar surface area (TPSA) is 30.2 Å². The van der Waals surface area contributed by atoms with Crippen LogP contribution in [0.5, 0.6) is 0 Å². The zero-order chi connectivity index (χ0) is 15.8. The lowest BCUT2D eigenvalue weighted by molar-refractivity contribution is 0.627. The lowest BCUT2D eigenvalue weighted by Gasteiger charge is -2.19. The van der Waals surface area contributed by atoms with Gasteiger partial charge in [0.1, 0.15) is 5.82 Å². The van der Waals surface area contributed by atoms with Crippen LogP contribution in [0.2, 0.25) is 0 Å². The van der Waals surface area contributed by atoms with E-state index in [2.05, 4.69) is 11.9 Å². The maximum absolute atomic E-state index is 13.1. The molecular weight excluding hydrogens is 309 g/mol. The van der Waals surface area contributed by atoms with Crippen molar-refractivity contribution in [2.24, 2.45) is 5.10 Å². The van der Waals surface area contributed by atoms with Gasteiger partial charge in [0.25, 0.3) is 0 Å². The molecule has 3 aromatic rings. The van der Waals surface area contributed by atoms with Gasteiger partial charge in [-0.1, -0.05) is 54.2 Å². The fourth-order valence-electron chi connectivity index (χ4n) is 2.58. The molecule has 0 spiro atoms. The SMILES string of the molecule is C[C@H]1Sc2nc(-c3ccccc3)cn2N=C1c1ccc(F)cc1. The predicted octanol–water partition coefficient (Wildman–Crippen LogP) is 4.44. The van der Waals surface area contributed by atoms with Gasteiger partial charge in [0.2, 0.25) is 0 Å². The lowest BCUT2D eigenvalue weighted by Crippen LogP contribution is -2.21. The number of hydrogen-bond acceptors (Lipinski definition) is 3. The van der Waals surface area contributed by atoms with Gasteiger partial charge in [-0.2, -0.15) is 5.10 Å². The van der Waals surface area contributed by atoms with Crippen molar-refractivity contribution in [2.45, 2.75) is 17.3 Å². The van der Waals surface area contributed by atoms with E-state index < -0.39 is 0 Å². The average molecular weight is 323 g/mol. The van der Waals surface area contributed by atoms with Crippen molar-refractivity contribution in [1.82, 2.24) is 9.66 Å². The first kappa shape index (κ1) is 14.2. The van der Waals surface area contributed by atoms with Crippen LogP contribution >= 0.6 is 11.8 Å². The van der Waals surface area contributed by atoms with Gasteiger partial charge in [-0.15, -0.1) is 0 Å². The average Bonchev–Trinajstić information content (AvgIpc) is 2.98. The van der Waals surface area contributed by atoms with Crippen LogP contribution in [-0.2, 0) is 0 Å². The Kier molecular flexibility index (Phi) is 3.50. The molecule has 1 atom stereocenters. The summed E-state index contributed by atoms with van der Waals surface area (Å²) < 4.78 is 14.9. The highest BCUT2D eigenvalue weighted by molar-refractivity contribution is 8.00. The van der Waals surface area contributed by atoms with Gasteiger partial charge in [0.05, 0.1) is 22.9 Å². The van der Waals surface area contributed by atoms with E-state index in [-0.39, 0.29) is 11.1 Å². The van der Waals surface area contributed by atoms with Gasteiger partial charge < -0.3 is 0 Å². The highest BCUT2D eigenvalue weighted by atomic mass is 32.2. The molecule has 0 radical (unpaired) electrons. The third kappa shape index (κ3) is 2.68. The molecule has 0 fully saturated rings. The van der Waals surface area contributed by atoms with Crippen molar-refractivity contribution in [3.8, 4) is 11.3 Å². The number of nitrogens with zero attached hydrogens (tertiary/aromatic N) is 3. The molecule has 2 heterocycles. The number of thioether (sulfide) groups is 1. The first-order valence-corrected chi connectivity index (χ1v) is 8.25. The molecule has 0 unspecified atom stereocenters. The Morgan fingerprint density at radius 1 is 1.00 bits per heavy atom.